The van der Waals surface area contributed by atoms with E-state index in [1.54, 1.807) is 0 Å². The Balaban J connectivity index is 4.53. The molecule has 0 aliphatic rings. The summed E-state index contributed by atoms with van der Waals surface area (Å²) in [4.78, 5) is 0. The van der Waals surface area contributed by atoms with E-state index in [2.05, 4.69) is 30.8 Å². The fourth-order valence-electron chi connectivity index (χ4n) is 0.494. The maximum atomic E-state index is 6.12. The molecule has 0 fully saturated rings. The third kappa shape index (κ3) is 5.07. The molecule has 10 heteroatoms. The van der Waals surface area contributed by atoms with Crippen molar-refractivity contribution in [2.45, 2.75) is 26.2 Å². The molecule has 0 spiro atoms. The number of nitrogens with one attached hydrogen (secondary N) is 1. The molecule has 0 atom stereocenters. The van der Waals surface area contributed by atoms with Crippen LogP contribution in [0.15, 0.2) is 0 Å². The van der Waals surface area contributed by atoms with Crippen LogP contribution in [0.1, 0.15) is 0 Å². The quantitative estimate of drug-likeness (QED) is 0.591. The molecule has 1 radical (unpaired) electrons. The summed E-state index contributed by atoms with van der Waals surface area (Å²) < 4.78 is 3.24. The van der Waals surface area contributed by atoms with Crippen molar-refractivity contribution in [3.63, 3.8) is 0 Å². The standard InChI is InChI=1S/C4H13Cl5NSi4/c1-11(12(2,3)4)10-14(8,9)13(5,6)7/h10H,1-4H3. The zero-order chi connectivity index (χ0) is 11.8. The minimum Gasteiger partial charge on any atom is -0.338 e. The molecule has 14 heavy (non-hydrogen) atoms. The lowest BCUT2D eigenvalue weighted by Crippen LogP contribution is -2.66. The van der Waals surface area contributed by atoms with E-state index in [9.17, 15) is 0 Å². The van der Waals surface area contributed by atoms with E-state index in [1.807, 2.05) is 0 Å². The van der Waals surface area contributed by atoms with Gasteiger partial charge < -0.3 is 4.65 Å². The number of halogens is 5. The first-order valence-electron chi connectivity index (χ1n) is 3.94. The molecule has 1 N–H and O–H groups in total. The van der Waals surface area contributed by atoms with Crippen LogP contribution in [0.4, 0.5) is 0 Å². The van der Waals surface area contributed by atoms with Crippen molar-refractivity contribution in [2.75, 3.05) is 0 Å². The fourth-order valence-corrected chi connectivity index (χ4v) is 21.4. The molecule has 0 aromatic carbocycles. The van der Waals surface area contributed by atoms with Crippen molar-refractivity contribution >= 4 is 83.4 Å². The number of hydrogen-bond acceptors (Lipinski definition) is 1. The molecule has 0 saturated heterocycles. The molecular formula is C4H13Cl5NSi4. The molecule has 1 nitrogen and oxygen atoms in total. The average Bonchev–Trinajstić information content (AvgIpc) is 1.80. The van der Waals surface area contributed by atoms with Gasteiger partial charge in [0.1, 0.15) is 8.48 Å². The maximum absolute atomic E-state index is 6.12. The lowest BCUT2D eigenvalue weighted by Gasteiger charge is -2.32. The molecule has 85 valence electrons. The van der Waals surface area contributed by atoms with E-state index < -0.39 is 28.0 Å². The van der Waals surface area contributed by atoms with E-state index in [0.717, 1.165) is 0 Å². The van der Waals surface area contributed by atoms with Crippen molar-refractivity contribution in [3.05, 3.63) is 0 Å². The highest BCUT2D eigenvalue weighted by Crippen LogP contribution is 2.35. The minimum absolute atomic E-state index is 0.776. The van der Waals surface area contributed by atoms with Gasteiger partial charge in [0.2, 0.25) is 0 Å². The third-order valence-electron chi connectivity index (χ3n) is 1.83. The number of rotatable bonds is 4. The van der Waals surface area contributed by atoms with E-state index in [0.29, 0.717) is 0 Å². The summed E-state index contributed by atoms with van der Waals surface area (Å²) in [5.74, 6) is 0. The molecule has 0 rings (SSSR count). The first kappa shape index (κ1) is 16.3. The van der Waals surface area contributed by atoms with E-state index >= 15 is 0 Å². The molecule has 0 saturated carbocycles. The van der Waals surface area contributed by atoms with Gasteiger partial charge in [-0.05, 0) is 0 Å². The zero-order valence-electron chi connectivity index (χ0n) is 8.39. The second-order valence-corrected chi connectivity index (χ2v) is 39.8. The maximum Gasteiger partial charge on any atom is 0.375 e. The molecule has 0 unspecified atom stereocenters. The molecule has 0 aliphatic heterocycles. The van der Waals surface area contributed by atoms with Gasteiger partial charge in [-0.2, -0.15) is 0 Å². The monoisotopic (exact) mass is 362 g/mol. The Morgan fingerprint density at radius 2 is 1.29 bits per heavy atom. The average molecular weight is 365 g/mol. The SMILES string of the molecule is C[Si](N[Si](Cl)(Cl)[Si](Cl)(Cl)Cl)[Si](C)(C)C. The van der Waals surface area contributed by atoms with Gasteiger partial charge in [-0.15, -0.1) is 55.4 Å². The Morgan fingerprint density at radius 3 is 1.50 bits per heavy atom. The Labute approximate surface area is 113 Å². The Hall–Kier alpha value is 2.28. The number of hydrogen-bond donors (Lipinski definition) is 1. The highest BCUT2D eigenvalue weighted by atomic mass is 35.9. The van der Waals surface area contributed by atoms with Crippen molar-refractivity contribution in [1.82, 2.24) is 4.65 Å². The van der Waals surface area contributed by atoms with E-state index in [4.69, 9.17) is 55.4 Å². The fraction of sp³-hybridized carbons (Fsp3) is 1.00. The third-order valence-corrected chi connectivity index (χ3v) is 38.4. The summed E-state index contributed by atoms with van der Waals surface area (Å²) in [6.45, 7) is 8.92. The van der Waals surface area contributed by atoms with Crippen LogP contribution in [0, 0.1) is 0 Å². The Kier molecular flexibility index (Phi) is 6.14. The highest BCUT2D eigenvalue weighted by molar-refractivity contribution is 8.02. The van der Waals surface area contributed by atoms with Gasteiger partial charge in [-0.3, -0.25) is 0 Å². The predicted octanol–water partition coefficient (Wildman–Crippen LogP) is 3.76. The Bertz CT molecular complexity index is 199. The molecule has 0 aromatic rings. The first-order valence-corrected chi connectivity index (χ1v) is 20.5. The highest BCUT2D eigenvalue weighted by Gasteiger charge is 2.55. The molecule has 0 bridgehead atoms. The van der Waals surface area contributed by atoms with Gasteiger partial charge in [0, 0.05) is 0 Å². The van der Waals surface area contributed by atoms with Crippen molar-refractivity contribution in [1.29, 1.82) is 0 Å². The predicted molar refractivity (Wildman–Crippen MR) is 78.9 cm³/mol. The van der Waals surface area contributed by atoms with E-state index in [1.165, 1.54) is 0 Å². The van der Waals surface area contributed by atoms with Crippen molar-refractivity contribution in [3.8, 4) is 0 Å². The molecular weight excluding hydrogens is 352 g/mol. The molecule has 0 aromatic heterocycles. The van der Waals surface area contributed by atoms with Gasteiger partial charge in [-0.25, -0.2) is 0 Å². The van der Waals surface area contributed by atoms with Crippen LogP contribution in [-0.2, 0) is 0 Å². The summed E-state index contributed by atoms with van der Waals surface area (Å²) in [6.07, 6.45) is -2.87. The summed E-state index contributed by atoms with van der Waals surface area (Å²) >= 11 is 29.8. The summed E-state index contributed by atoms with van der Waals surface area (Å²) in [5, 5.41) is 0. The van der Waals surface area contributed by atoms with Gasteiger partial charge in [0.15, 0.2) is 0 Å². The zero-order valence-corrected chi connectivity index (χ0v) is 16.2. The first-order chi connectivity index (χ1) is 5.88. The van der Waals surface area contributed by atoms with Crippen LogP contribution in [0.3, 0.4) is 0 Å². The van der Waals surface area contributed by atoms with Crippen LogP contribution in [0.5, 0.6) is 0 Å². The second kappa shape index (κ2) is 5.28. The molecule has 0 amide bonds. The second-order valence-electron chi connectivity index (χ2n) is 4.07. The van der Waals surface area contributed by atoms with Gasteiger partial charge in [0.25, 0.3) is 0 Å². The topological polar surface area (TPSA) is 12.0 Å². The summed E-state index contributed by atoms with van der Waals surface area (Å²) in [5.41, 5.74) is -3.00. The summed E-state index contributed by atoms with van der Waals surface area (Å²) in [7, 11) is -2.02. The molecule has 0 heterocycles. The van der Waals surface area contributed by atoms with Crippen LogP contribution < -0.4 is 4.65 Å². The van der Waals surface area contributed by atoms with Crippen LogP contribution in [-0.4, -0.2) is 28.0 Å². The van der Waals surface area contributed by atoms with Gasteiger partial charge >= 0.3 is 11.9 Å². The van der Waals surface area contributed by atoms with Gasteiger partial charge in [0.05, 0.1) is 7.59 Å². The molecule has 0 aliphatic carbocycles. The van der Waals surface area contributed by atoms with Crippen molar-refractivity contribution < 1.29 is 0 Å². The lowest BCUT2D eigenvalue weighted by molar-refractivity contribution is 1.53. The normalized spacial score (nSPS) is 15.0. The Morgan fingerprint density at radius 1 is 0.929 bits per heavy atom. The summed E-state index contributed by atoms with van der Waals surface area (Å²) in [6, 6.07) is 0. The van der Waals surface area contributed by atoms with Gasteiger partial charge in [-0.1, -0.05) is 26.2 Å². The minimum atomic E-state index is -3.00. The van der Waals surface area contributed by atoms with Crippen LogP contribution in [0.2, 0.25) is 26.2 Å². The van der Waals surface area contributed by atoms with Crippen molar-refractivity contribution in [2.24, 2.45) is 0 Å². The van der Waals surface area contributed by atoms with Crippen LogP contribution >= 0.6 is 55.4 Å². The smallest absolute Gasteiger partial charge is 0.338 e. The lowest BCUT2D eigenvalue weighted by atomic mass is 11.8. The largest absolute Gasteiger partial charge is 0.375 e. The van der Waals surface area contributed by atoms with E-state index in [-0.39, 0.29) is 0 Å². The van der Waals surface area contributed by atoms with Crippen LogP contribution in [0.25, 0.3) is 0 Å².